The van der Waals surface area contributed by atoms with Gasteiger partial charge in [-0.2, -0.15) is 0 Å². The fourth-order valence-corrected chi connectivity index (χ4v) is 7.09. The number of halogens is 4. The molecule has 284 valence electrons. The maximum atomic E-state index is 13.2. The van der Waals surface area contributed by atoms with Gasteiger partial charge in [0.25, 0.3) is 12.9 Å². The predicted octanol–water partition coefficient (Wildman–Crippen LogP) is 10.4. The largest absolute Gasteiger partial charge is 0.486 e. The van der Waals surface area contributed by atoms with Crippen molar-refractivity contribution in [1.82, 2.24) is 0 Å². The molecule has 2 N–H and O–H groups in total. The smallest absolute Gasteiger partial charge is 0.306 e. The van der Waals surface area contributed by atoms with Crippen LogP contribution in [0.5, 0.6) is 11.5 Å². The van der Waals surface area contributed by atoms with Crippen molar-refractivity contribution < 1.29 is 51.5 Å². The maximum Gasteiger partial charge on any atom is 0.306 e. The number of aliphatic carboxylic acids is 1. The molecule has 0 bridgehead atoms. The summed E-state index contributed by atoms with van der Waals surface area (Å²) < 4.78 is 75.8. The van der Waals surface area contributed by atoms with Crippen molar-refractivity contribution in [2.45, 2.75) is 89.6 Å². The molecule has 0 unspecified atom stereocenters. The van der Waals surface area contributed by atoms with Crippen LogP contribution in [0.1, 0.15) is 121 Å². The Morgan fingerprint density at radius 2 is 1.11 bits per heavy atom. The first kappa shape index (κ1) is 39.8. The first-order valence-corrected chi connectivity index (χ1v) is 18.0. The van der Waals surface area contributed by atoms with Crippen molar-refractivity contribution in [3.05, 3.63) is 129 Å². The van der Waals surface area contributed by atoms with E-state index in [1.165, 1.54) is 12.1 Å². The molecule has 0 saturated heterocycles. The highest BCUT2D eigenvalue weighted by Crippen LogP contribution is 2.41. The quantitative estimate of drug-likeness (QED) is 0.111. The van der Waals surface area contributed by atoms with Gasteiger partial charge in [-0.1, -0.05) is 60.7 Å². The summed E-state index contributed by atoms with van der Waals surface area (Å²) in [7, 11) is 0. The number of ether oxygens (including phenoxy) is 4. The standard InChI is InChI=1S/C21H22F2O4.C21H24F2O3/c1-2-26-19(12-20(24)25)13-6-8-14(9-7-13)27-18-11-10-15-16(18)4-3-5-17(15)21(22)23;1-2-25-19(12-13-24)14-6-8-15(9-7-14)26-20-11-10-16-17(20)4-3-5-18(16)21(22)23/h3-9,18-19,21H,2,10-12H2,1H3,(H,24,25);3-9,19-21,24H,2,10-13H2,1H3/t18-,19+;19-,20+/m10/s1. The van der Waals surface area contributed by atoms with Gasteiger partial charge in [-0.05, 0) is 97.2 Å². The molecule has 0 amide bonds. The summed E-state index contributed by atoms with van der Waals surface area (Å²) in [4.78, 5) is 11.0. The van der Waals surface area contributed by atoms with Crippen LogP contribution in [0.15, 0.2) is 84.9 Å². The van der Waals surface area contributed by atoms with Gasteiger partial charge in [0.2, 0.25) is 0 Å². The second-order valence-corrected chi connectivity index (χ2v) is 12.9. The van der Waals surface area contributed by atoms with Crippen molar-refractivity contribution in [2.24, 2.45) is 0 Å². The monoisotopic (exact) mass is 738 g/mol. The first-order valence-electron chi connectivity index (χ1n) is 18.0. The van der Waals surface area contributed by atoms with E-state index < -0.39 is 24.9 Å². The number of hydrogen-bond donors (Lipinski definition) is 2. The molecule has 6 rings (SSSR count). The predicted molar refractivity (Wildman–Crippen MR) is 192 cm³/mol. The van der Waals surface area contributed by atoms with E-state index in [4.69, 9.17) is 29.2 Å². The van der Waals surface area contributed by atoms with Crippen LogP contribution in [0.25, 0.3) is 0 Å². The number of aliphatic hydroxyl groups excluding tert-OH is 1. The van der Waals surface area contributed by atoms with Crippen LogP contribution in [-0.2, 0) is 27.1 Å². The highest BCUT2D eigenvalue weighted by atomic mass is 19.3. The summed E-state index contributed by atoms with van der Waals surface area (Å²) in [5.41, 5.74) is 5.04. The van der Waals surface area contributed by atoms with Crippen molar-refractivity contribution in [1.29, 1.82) is 0 Å². The van der Waals surface area contributed by atoms with Gasteiger partial charge in [0.15, 0.2) is 0 Å². The summed E-state index contributed by atoms with van der Waals surface area (Å²) in [5, 5.41) is 18.2. The van der Waals surface area contributed by atoms with Gasteiger partial charge in [0, 0.05) is 37.4 Å². The number of carbonyl (C=O) groups is 1. The summed E-state index contributed by atoms with van der Waals surface area (Å²) in [5.74, 6) is 0.393. The number of alkyl halides is 4. The van der Waals surface area contributed by atoms with Gasteiger partial charge in [0.1, 0.15) is 23.7 Å². The molecule has 0 spiro atoms. The Bertz CT molecular complexity index is 1760. The number of hydrogen-bond acceptors (Lipinski definition) is 6. The lowest BCUT2D eigenvalue weighted by Gasteiger charge is -2.18. The zero-order chi connectivity index (χ0) is 37.9. The fraction of sp³-hybridized carbons (Fsp3) is 0.405. The molecule has 4 aromatic rings. The molecule has 4 aromatic carbocycles. The van der Waals surface area contributed by atoms with Crippen molar-refractivity contribution in [3.63, 3.8) is 0 Å². The first-order chi connectivity index (χ1) is 25.6. The molecule has 0 aliphatic heterocycles. The lowest BCUT2D eigenvalue weighted by Crippen LogP contribution is -2.10. The van der Waals surface area contributed by atoms with Crippen molar-refractivity contribution in [2.75, 3.05) is 19.8 Å². The number of fused-ring (bicyclic) bond motifs is 2. The summed E-state index contributed by atoms with van der Waals surface area (Å²) in [6, 6.07) is 24.7. The van der Waals surface area contributed by atoms with Crippen LogP contribution < -0.4 is 9.47 Å². The Morgan fingerprint density at radius 1 is 0.679 bits per heavy atom. The van der Waals surface area contributed by atoms with Crippen LogP contribution >= 0.6 is 0 Å². The minimum Gasteiger partial charge on any atom is -0.486 e. The Labute approximate surface area is 307 Å². The lowest BCUT2D eigenvalue weighted by atomic mass is 10.0. The van der Waals surface area contributed by atoms with Crippen LogP contribution in [0.4, 0.5) is 17.6 Å². The Hall–Kier alpha value is -4.45. The second-order valence-electron chi connectivity index (χ2n) is 12.9. The lowest BCUT2D eigenvalue weighted by molar-refractivity contribution is -0.140. The van der Waals surface area contributed by atoms with E-state index in [1.54, 1.807) is 36.4 Å². The number of benzene rings is 4. The zero-order valence-electron chi connectivity index (χ0n) is 29.9. The number of carboxylic acid groups (broad SMARTS) is 1. The van der Waals surface area contributed by atoms with Crippen LogP contribution in [0.2, 0.25) is 0 Å². The summed E-state index contributed by atoms with van der Waals surface area (Å²) >= 11 is 0. The van der Waals surface area contributed by atoms with E-state index in [0.29, 0.717) is 62.4 Å². The highest BCUT2D eigenvalue weighted by Gasteiger charge is 2.30. The summed E-state index contributed by atoms with van der Waals surface area (Å²) in [6.45, 7) is 4.80. The number of aliphatic hydroxyl groups is 1. The van der Waals surface area contributed by atoms with Crippen LogP contribution in [0, 0.1) is 0 Å². The number of carboxylic acids is 1. The zero-order valence-corrected chi connectivity index (χ0v) is 29.9. The van der Waals surface area contributed by atoms with Crippen molar-refractivity contribution in [3.8, 4) is 11.5 Å². The van der Waals surface area contributed by atoms with Crippen LogP contribution in [-0.4, -0.2) is 36.0 Å². The van der Waals surface area contributed by atoms with Gasteiger partial charge in [-0.3, -0.25) is 4.79 Å². The molecule has 0 heterocycles. The Balaban J connectivity index is 0.000000204. The molecule has 0 aromatic heterocycles. The topological polar surface area (TPSA) is 94.5 Å². The van der Waals surface area contributed by atoms with E-state index in [2.05, 4.69) is 0 Å². The third-order valence-electron chi connectivity index (χ3n) is 9.52. The average Bonchev–Trinajstić information content (AvgIpc) is 3.76. The van der Waals surface area contributed by atoms with E-state index in [9.17, 15) is 22.4 Å². The minimum absolute atomic E-state index is 0.0637. The normalized spacial score (nSPS) is 17.2. The SMILES string of the molecule is CCO[C@@H](CC(=O)O)c1ccc(O[C@@H]2CCc3c(C(F)F)cccc32)cc1.CCO[C@@H](CCO)c1ccc(O[C@@H]2CCc3c(C(F)F)cccc32)cc1. The van der Waals surface area contributed by atoms with Gasteiger partial charge in [0.05, 0.1) is 18.6 Å². The average molecular weight is 739 g/mol. The van der Waals surface area contributed by atoms with E-state index in [0.717, 1.165) is 27.8 Å². The number of rotatable bonds is 16. The van der Waals surface area contributed by atoms with E-state index in [-0.39, 0.29) is 42.5 Å². The molecule has 11 heteroatoms. The van der Waals surface area contributed by atoms with Crippen molar-refractivity contribution >= 4 is 5.97 Å². The molecule has 53 heavy (non-hydrogen) atoms. The van der Waals surface area contributed by atoms with Gasteiger partial charge in [-0.25, -0.2) is 17.6 Å². The van der Waals surface area contributed by atoms with E-state index >= 15 is 0 Å². The molecule has 2 aliphatic carbocycles. The molecule has 0 radical (unpaired) electrons. The molecule has 0 saturated carbocycles. The fourth-order valence-electron chi connectivity index (χ4n) is 7.09. The molecular weight excluding hydrogens is 692 g/mol. The van der Waals surface area contributed by atoms with Gasteiger partial charge < -0.3 is 29.2 Å². The van der Waals surface area contributed by atoms with Gasteiger partial charge >= 0.3 is 5.97 Å². The maximum absolute atomic E-state index is 13.2. The molecule has 0 fully saturated rings. The molecule has 4 atom stereocenters. The highest BCUT2D eigenvalue weighted by molar-refractivity contribution is 5.67. The van der Waals surface area contributed by atoms with Gasteiger partial charge in [-0.15, -0.1) is 0 Å². The third-order valence-corrected chi connectivity index (χ3v) is 9.52. The minimum atomic E-state index is -2.48. The second kappa shape index (κ2) is 19.0. The molecular formula is C42H46F4O7. The Morgan fingerprint density at radius 3 is 1.51 bits per heavy atom. The molecule has 7 nitrogen and oxygen atoms in total. The van der Waals surface area contributed by atoms with Crippen LogP contribution in [0.3, 0.4) is 0 Å². The summed E-state index contributed by atoms with van der Waals surface area (Å²) in [6.07, 6.45) is -3.07. The van der Waals surface area contributed by atoms with E-state index in [1.807, 2.05) is 50.2 Å². The molecule has 2 aliphatic rings. The Kier molecular flexibility index (Phi) is 14.3. The third kappa shape index (κ3) is 10.2.